The molecule has 0 spiro atoms. The molecule has 0 N–H and O–H groups in total. The average Bonchev–Trinajstić information content (AvgIpc) is 3.53. The van der Waals surface area contributed by atoms with Gasteiger partial charge in [0.2, 0.25) is 6.33 Å². The number of rotatable bonds is 16. The quantitative estimate of drug-likeness (QED) is 0.134. The molecular formula is C32H58BrN3S2. The third kappa shape index (κ3) is 16.2. The van der Waals surface area contributed by atoms with Crippen LogP contribution in [-0.4, -0.2) is 29.1 Å². The van der Waals surface area contributed by atoms with Crippen LogP contribution in [0.15, 0.2) is 41.6 Å². The number of thiophene rings is 2. The monoisotopic (exact) mass is 631 g/mol. The lowest BCUT2D eigenvalue weighted by atomic mass is 10.1. The molecule has 0 aliphatic carbocycles. The molecule has 38 heavy (non-hydrogen) atoms. The van der Waals surface area contributed by atoms with Gasteiger partial charge < -0.3 is 21.9 Å². The minimum atomic E-state index is 0. The van der Waals surface area contributed by atoms with Crippen molar-refractivity contribution in [1.29, 1.82) is 0 Å². The summed E-state index contributed by atoms with van der Waals surface area (Å²) in [5.41, 5.74) is 2.78. The summed E-state index contributed by atoms with van der Waals surface area (Å²) in [6, 6.07) is 4.07. The zero-order chi connectivity index (χ0) is 27.0. The number of unbranched alkanes of at least 4 members (excludes halogenated alkanes) is 6. The number of hydrogen-bond acceptors (Lipinski definition) is 3. The Bertz CT molecular complexity index is 1010. The molecule has 0 saturated heterocycles. The molecule has 0 unspecified atom stereocenters. The molecule has 0 bridgehead atoms. The fourth-order valence-electron chi connectivity index (χ4n) is 4.35. The smallest absolute Gasteiger partial charge is 0.243 e. The minimum absolute atomic E-state index is 0. The summed E-state index contributed by atoms with van der Waals surface area (Å²) in [5.74, 6) is 0. The number of aryl methyl sites for hydroxylation is 6. The van der Waals surface area contributed by atoms with Crippen molar-refractivity contribution in [3.05, 3.63) is 62.4 Å². The van der Waals surface area contributed by atoms with Crippen LogP contribution in [0.2, 0.25) is 0 Å². The lowest BCUT2D eigenvalue weighted by Gasteiger charge is -2.17. The standard InChI is InChI=1S/C15H23N2S.C15H27NS.2CH4.BrH/c1-14-15(8-12-18-14)7-5-3-4-6-9-17-11-10-16(2)13-17;1-4-16(5-2)12-9-7-6-8-10-15-11-13-17-14(15)3;;;/h8,10-13H,3-7,9H2,1-2H3;11,13H,4-10,12H2,1-3H3;2*1H4;1H/q+1;;;;/p-1/i12T;13T;;;. The molecule has 3 nitrogen and oxygen atoms in total. The normalized spacial score (nSPS) is 11.0. The zero-order valence-corrected chi connectivity index (χ0v) is 26.5. The van der Waals surface area contributed by atoms with Gasteiger partial charge >= 0.3 is 0 Å². The summed E-state index contributed by atoms with van der Waals surface area (Å²) >= 11 is 3.21. The van der Waals surface area contributed by atoms with E-state index < -0.39 is 0 Å². The van der Waals surface area contributed by atoms with Crippen LogP contribution < -0.4 is 21.5 Å². The maximum absolute atomic E-state index is 7.61. The van der Waals surface area contributed by atoms with E-state index in [0.717, 1.165) is 19.4 Å². The molecule has 0 aliphatic heterocycles. The number of hydrogen-bond donors (Lipinski definition) is 0. The molecule has 3 aromatic rings. The van der Waals surface area contributed by atoms with Gasteiger partial charge in [-0.3, -0.25) is 0 Å². The Labute approximate surface area is 257 Å². The second-order valence-corrected chi connectivity index (χ2v) is 11.7. The van der Waals surface area contributed by atoms with Crippen molar-refractivity contribution in [1.82, 2.24) is 9.47 Å². The maximum atomic E-state index is 7.61. The first-order valence-electron chi connectivity index (χ1n) is 14.7. The van der Waals surface area contributed by atoms with Crippen molar-refractivity contribution in [2.45, 2.75) is 113 Å². The first-order valence-corrected chi connectivity index (χ1v) is 15.3. The molecule has 0 aliphatic rings. The predicted octanol–water partition coefficient (Wildman–Crippen LogP) is 6.26. The van der Waals surface area contributed by atoms with E-state index in [1.807, 2.05) is 12.1 Å². The van der Waals surface area contributed by atoms with E-state index >= 15 is 0 Å². The Kier molecular flexibility index (Phi) is 22.1. The fourth-order valence-corrected chi connectivity index (χ4v) is 5.69. The van der Waals surface area contributed by atoms with Crippen LogP contribution >= 0.6 is 22.7 Å². The van der Waals surface area contributed by atoms with Crippen LogP contribution in [0.3, 0.4) is 0 Å². The summed E-state index contributed by atoms with van der Waals surface area (Å²) in [4.78, 5) is 5.16. The van der Waals surface area contributed by atoms with E-state index in [4.69, 9.17) is 2.74 Å². The predicted molar refractivity (Wildman–Crippen MR) is 169 cm³/mol. The molecule has 0 atom stereocenters. The highest BCUT2D eigenvalue weighted by Gasteiger charge is 2.02. The van der Waals surface area contributed by atoms with Gasteiger partial charge in [-0.1, -0.05) is 48.0 Å². The molecule has 0 radical (unpaired) electrons. The highest BCUT2D eigenvalue weighted by Crippen LogP contribution is 2.19. The first kappa shape index (κ1) is 35.1. The molecule has 0 fully saturated rings. The Morgan fingerprint density at radius 3 is 1.74 bits per heavy atom. The summed E-state index contributed by atoms with van der Waals surface area (Å²) < 4.78 is 19.5. The Hall–Kier alpha value is -0.950. The number of imidazole rings is 1. The van der Waals surface area contributed by atoms with E-state index in [1.165, 1.54) is 91.9 Å². The highest BCUT2D eigenvalue weighted by atomic mass is 79.9. The van der Waals surface area contributed by atoms with E-state index in [1.54, 1.807) is 22.7 Å². The average molecular weight is 633 g/mol. The second-order valence-electron chi connectivity index (χ2n) is 9.56. The van der Waals surface area contributed by atoms with Gasteiger partial charge in [0, 0.05) is 9.75 Å². The Morgan fingerprint density at radius 1 is 0.816 bits per heavy atom. The molecule has 3 heterocycles. The van der Waals surface area contributed by atoms with E-state index in [0.29, 0.717) is 10.7 Å². The maximum Gasteiger partial charge on any atom is 0.243 e. The van der Waals surface area contributed by atoms with E-state index in [9.17, 15) is 0 Å². The van der Waals surface area contributed by atoms with Crippen molar-refractivity contribution < 1.29 is 24.3 Å². The van der Waals surface area contributed by atoms with Crippen LogP contribution in [0.25, 0.3) is 0 Å². The van der Waals surface area contributed by atoms with Crippen LogP contribution in [0, 0.1) is 13.8 Å². The van der Waals surface area contributed by atoms with Gasteiger partial charge in [0.25, 0.3) is 0 Å². The lowest BCUT2D eigenvalue weighted by Crippen LogP contribution is -3.00. The van der Waals surface area contributed by atoms with E-state index in [-0.39, 0.29) is 31.8 Å². The van der Waals surface area contributed by atoms with E-state index in [2.05, 4.69) is 67.5 Å². The Morgan fingerprint density at radius 2 is 1.32 bits per heavy atom. The lowest BCUT2D eigenvalue weighted by molar-refractivity contribution is -0.671. The summed E-state index contributed by atoms with van der Waals surface area (Å²) in [7, 11) is 2.06. The number of nitrogens with zero attached hydrogens (tertiary/aromatic N) is 3. The molecule has 220 valence electrons. The summed E-state index contributed by atoms with van der Waals surface area (Å²) in [6.07, 6.45) is 19.0. The SMILES string of the molecule is C.C.[3H]c1cc(CCCCCCN(CC)CC)c(C)s1.[3H]c1cc(CCCCCCn2cc[n+](C)c2)c(C)s1.[Br-]. The van der Waals surface area contributed by atoms with Crippen molar-refractivity contribution in [3.63, 3.8) is 0 Å². The Balaban J connectivity index is 0. The number of aromatic nitrogens is 2. The minimum Gasteiger partial charge on any atom is -1.00 e. The third-order valence-electron chi connectivity index (χ3n) is 6.80. The van der Waals surface area contributed by atoms with Gasteiger partial charge in [-0.25, -0.2) is 9.13 Å². The van der Waals surface area contributed by atoms with Crippen LogP contribution in [-0.2, 0) is 26.4 Å². The molecular weight excluding hydrogens is 570 g/mol. The van der Waals surface area contributed by atoms with Crippen molar-refractivity contribution in [2.24, 2.45) is 7.05 Å². The van der Waals surface area contributed by atoms with Crippen molar-refractivity contribution in [3.8, 4) is 0 Å². The summed E-state index contributed by atoms with van der Waals surface area (Å²) in [5, 5.41) is 1.41. The van der Waals surface area contributed by atoms with Crippen molar-refractivity contribution >= 4 is 22.7 Å². The second kappa shape index (κ2) is 23.9. The largest absolute Gasteiger partial charge is 1.00 e. The molecule has 3 aromatic heterocycles. The first-order chi connectivity index (χ1) is 17.8. The highest BCUT2D eigenvalue weighted by molar-refractivity contribution is 7.10. The van der Waals surface area contributed by atoms with Crippen LogP contribution in [0.1, 0.15) is 104 Å². The topological polar surface area (TPSA) is 12.1 Å². The molecule has 6 heteroatoms. The molecule has 0 amide bonds. The van der Waals surface area contributed by atoms with Gasteiger partial charge in [0.15, 0.2) is 0 Å². The van der Waals surface area contributed by atoms with Crippen LogP contribution in [0.5, 0.6) is 0 Å². The van der Waals surface area contributed by atoms with Gasteiger partial charge in [-0.15, -0.1) is 22.7 Å². The fraction of sp³-hybridized carbons (Fsp3) is 0.656. The molecule has 0 aromatic carbocycles. The number of halogens is 1. The van der Waals surface area contributed by atoms with Gasteiger partial charge in [-0.2, -0.15) is 0 Å². The van der Waals surface area contributed by atoms with Gasteiger partial charge in [0.05, 0.1) is 16.3 Å². The van der Waals surface area contributed by atoms with Crippen LogP contribution in [0.4, 0.5) is 0 Å². The summed E-state index contributed by atoms with van der Waals surface area (Å²) in [6.45, 7) is 13.5. The van der Waals surface area contributed by atoms with Gasteiger partial charge in [-0.05, 0) is 112 Å². The molecule has 0 saturated carbocycles. The van der Waals surface area contributed by atoms with Crippen molar-refractivity contribution in [2.75, 3.05) is 19.6 Å². The van der Waals surface area contributed by atoms with Gasteiger partial charge in [0.1, 0.15) is 12.4 Å². The molecule has 3 rings (SSSR count). The zero-order valence-electron chi connectivity index (χ0n) is 25.3. The third-order valence-corrected chi connectivity index (χ3v) is 8.40.